The Morgan fingerprint density at radius 1 is 1.16 bits per heavy atom. The van der Waals surface area contributed by atoms with Gasteiger partial charge in [0.25, 0.3) is 0 Å². The minimum Gasteiger partial charge on any atom is -0.476 e. The van der Waals surface area contributed by atoms with Gasteiger partial charge < -0.3 is 15.1 Å². The molecule has 0 amide bonds. The molecule has 0 unspecified atom stereocenters. The molecule has 0 aliphatic carbocycles. The first-order valence-corrected chi connectivity index (χ1v) is 5.22. The van der Waals surface area contributed by atoms with Crippen molar-refractivity contribution >= 4 is 11.7 Å². The van der Waals surface area contributed by atoms with E-state index in [9.17, 15) is 4.79 Å². The van der Waals surface area contributed by atoms with Crippen LogP contribution >= 0.6 is 0 Å². The van der Waals surface area contributed by atoms with Crippen LogP contribution in [0.1, 0.15) is 5.69 Å². The Labute approximate surface area is 107 Å². The highest BCUT2D eigenvalue weighted by Gasteiger charge is 2.21. The third-order valence-corrected chi connectivity index (χ3v) is 2.15. The second kappa shape index (κ2) is 5.58. The van der Waals surface area contributed by atoms with Crippen LogP contribution in [0.5, 0.6) is 11.6 Å². The Morgan fingerprint density at radius 3 is 2.47 bits per heavy atom. The number of rotatable bonds is 4. The van der Waals surface area contributed by atoms with E-state index in [-0.39, 0.29) is 11.6 Å². The number of benzene rings is 1. The highest BCUT2D eigenvalue weighted by Crippen LogP contribution is 2.21. The number of nitrogens with zero attached hydrogens (tertiary/aromatic N) is 3. The first-order valence-electron chi connectivity index (χ1n) is 5.22. The second-order valence-electron chi connectivity index (χ2n) is 3.38. The molecular weight excluding hydrogens is 250 g/mol. The van der Waals surface area contributed by atoms with Gasteiger partial charge in [0, 0.05) is 12.4 Å². The first-order chi connectivity index (χ1) is 9.22. The summed E-state index contributed by atoms with van der Waals surface area (Å²) < 4.78 is 5.41. The largest absolute Gasteiger partial charge is 0.476 e. The lowest BCUT2D eigenvalue weighted by atomic mass is 10.2. The monoisotopic (exact) mass is 259 g/mol. The van der Waals surface area contributed by atoms with Gasteiger partial charge >= 0.3 is 5.97 Å². The van der Waals surface area contributed by atoms with Gasteiger partial charge in [0.15, 0.2) is 5.69 Å². The number of hydrogen-bond acceptors (Lipinski definition) is 6. The molecule has 0 fully saturated rings. The molecule has 1 heterocycles. The predicted octanol–water partition coefficient (Wildman–Crippen LogP) is 1.53. The summed E-state index contributed by atoms with van der Waals surface area (Å²) in [7, 11) is 0. The van der Waals surface area contributed by atoms with Crippen LogP contribution in [0.15, 0.2) is 47.9 Å². The molecule has 0 bridgehead atoms. The van der Waals surface area contributed by atoms with Gasteiger partial charge in [0.1, 0.15) is 5.75 Å². The summed E-state index contributed by atoms with van der Waals surface area (Å²) in [5, 5.41) is 20.3. The fourth-order valence-electron chi connectivity index (χ4n) is 1.35. The van der Waals surface area contributed by atoms with Crippen LogP contribution in [0.2, 0.25) is 0 Å². The number of aliphatic carboxylic acids is 1. The maximum atomic E-state index is 10.9. The number of oxime groups is 1. The zero-order valence-electron chi connectivity index (χ0n) is 9.59. The fourth-order valence-corrected chi connectivity index (χ4v) is 1.35. The van der Waals surface area contributed by atoms with Crippen LogP contribution in [0, 0.1) is 0 Å². The molecule has 1 aromatic carbocycles. The molecule has 0 aliphatic rings. The molecule has 0 radical (unpaired) electrons. The van der Waals surface area contributed by atoms with Gasteiger partial charge in [-0.25, -0.2) is 14.8 Å². The van der Waals surface area contributed by atoms with Crippen LogP contribution < -0.4 is 4.74 Å². The van der Waals surface area contributed by atoms with Crippen LogP contribution in [-0.2, 0) is 4.79 Å². The third kappa shape index (κ3) is 2.83. The standard InChI is InChI=1S/C12H9N3O4/c16-12(17)10(15-18)9-11(14-7-6-13-9)19-8-4-2-1-3-5-8/h1-7,18H,(H,16,17)/b15-10-. The molecule has 2 rings (SSSR count). The number of carboxylic acid groups (broad SMARTS) is 1. The summed E-state index contributed by atoms with van der Waals surface area (Å²) in [6.07, 6.45) is 2.62. The molecule has 1 aromatic heterocycles. The van der Waals surface area contributed by atoms with E-state index < -0.39 is 11.7 Å². The number of carbonyl (C=O) groups is 1. The molecule has 0 aliphatic heterocycles. The normalized spacial score (nSPS) is 11.1. The van der Waals surface area contributed by atoms with Crippen molar-refractivity contribution in [2.45, 2.75) is 0 Å². The topological polar surface area (TPSA) is 105 Å². The van der Waals surface area contributed by atoms with Crippen molar-refractivity contribution in [1.29, 1.82) is 0 Å². The van der Waals surface area contributed by atoms with E-state index in [0.29, 0.717) is 5.75 Å². The van der Waals surface area contributed by atoms with Crippen molar-refractivity contribution in [3.05, 3.63) is 48.4 Å². The molecule has 0 saturated heterocycles. The molecule has 96 valence electrons. The molecular formula is C12H9N3O4. The smallest absolute Gasteiger partial charge is 0.360 e. The van der Waals surface area contributed by atoms with Crippen molar-refractivity contribution in [3.8, 4) is 11.6 Å². The lowest BCUT2D eigenvalue weighted by molar-refractivity contribution is -0.129. The molecule has 2 N–H and O–H groups in total. The fraction of sp³-hybridized carbons (Fsp3) is 0. The predicted molar refractivity (Wildman–Crippen MR) is 64.5 cm³/mol. The van der Waals surface area contributed by atoms with E-state index in [1.165, 1.54) is 12.4 Å². The number of aromatic nitrogens is 2. The Kier molecular flexibility index (Phi) is 3.67. The summed E-state index contributed by atoms with van der Waals surface area (Å²) in [4.78, 5) is 18.6. The van der Waals surface area contributed by atoms with E-state index >= 15 is 0 Å². The number of carboxylic acids is 1. The average molecular weight is 259 g/mol. The van der Waals surface area contributed by atoms with Crippen molar-refractivity contribution in [2.24, 2.45) is 5.16 Å². The summed E-state index contributed by atoms with van der Waals surface area (Å²) >= 11 is 0. The van der Waals surface area contributed by atoms with Gasteiger partial charge in [-0.3, -0.25) is 0 Å². The first kappa shape index (κ1) is 12.5. The molecule has 7 heteroatoms. The Balaban J connectivity index is 2.39. The summed E-state index contributed by atoms with van der Waals surface area (Å²) in [5.74, 6) is -1.02. The lowest BCUT2D eigenvalue weighted by Crippen LogP contribution is -2.17. The number of para-hydroxylation sites is 1. The van der Waals surface area contributed by atoms with Crippen LogP contribution in [0.4, 0.5) is 0 Å². The maximum absolute atomic E-state index is 10.9. The van der Waals surface area contributed by atoms with Gasteiger partial charge in [-0.05, 0) is 12.1 Å². The third-order valence-electron chi connectivity index (χ3n) is 2.15. The highest BCUT2D eigenvalue weighted by molar-refractivity contribution is 6.42. The average Bonchev–Trinajstić information content (AvgIpc) is 2.42. The minimum absolute atomic E-state index is 0.0519. The van der Waals surface area contributed by atoms with E-state index in [2.05, 4.69) is 15.1 Å². The molecule has 19 heavy (non-hydrogen) atoms. The molecule has 0 spiro atoms. The van der Waals surface area contributed by atoms with Crippen LogP contribution in [0.3, 0.4) is 0 Å². The van der Waals surface area contributed by atoms with E-state index in [4.69, 9.17) is 15.1 Å². The Hall–Kier alpha value is -2.96. The number of hydrogen-bond donors (Lipinski definition) is 2. The van der Waals surface area contributed by atoms with Crippen LogP contribution in [0.25, 0.3) is 0 Å². The van der Waals surface area contributed by atoms with Gasteiger partial charge in [-0.15, -0.1) is 0 Å². The van der Waals surface area contributed by atoms with E-state index in [0.717, 1.165) is 0 Å². The molecule has 2 aromatic rings. The van der Waals surface area contributed by atoms with Crippen molar-refractivity contribution in [2.75, 3.05) is 0 Å². The Morgan fingerprint density at radius 2 is 1.84 bits per heavy atom. The lowest BCUT2D eigenvalue weighted by Gasteiger charge is -2.07. The minimum atomic E-state index is -1.43. The van der Waals surface area contributed by atoms with E-state index in [1.54, 1.807) is 24.3 Å². The number of ether oxygens (including phenoxy) is 1. The van der Waals surface area contributed by atoms with Gasteiger partial charge in [-0.1, -0.05) is 23.4 Å². The molecule has 7 nitrogen and oxygen atoms in total. The molecule has 0 atom stereocenters. The molecule has 0 saturated carbocycles. The Bertz CT molecular complexity index is 613. The zero-order valence-corrected chi connectivity index (χ0v) is 9.59. The van der Waals surface area contributed by atoms with Crippen LogP contribution in [-0.4, -0.2) is 32.0 Å². The highest BCUT2D eigenvalue weighted by atomic mass is 16.5. The SMILES string of the molecule is O=C(O)/C(=N\O)c1nccnc1Oc1ccccc1. The van der Waals surface area contributed by atoms with Crippen molar-refractivity contribution in [1.82, 2.24) is 9.97 Å². The van der Waals surface area contributed by atoms with Gasteiger partial charge in [-0.2, -0.15) is 0 Å². The van der Waals surface area contributed by atoms with Gasteiger partial charge in [0.2, 0.25) is 11.6 Å². The summed E-state index contributed by atoms with van der Waals surface area (Å²) in [5.41, 5.74) is -0.791. The van der Waals surface area contributed by atoms with Gasteiger partial charge in [0.05, 0.1) is 0 Å². The summed E-state index contributed by atoms with van der Waals surface area (Å²) in [6.45, 7) is 0. The quantitative estimate of drug-likeness (QED) is 0.490. The van der Waals surface area contributed by atoms with E-state index in [1.807, 2.05) is 6.07 Å². The maximum Gasteiger partial charge on any atom is 0.360 e. The summed E-state index contributed by atoms with van der Waals surface area (Å²) in [6, 6.07) is 8.67. The second-order valence-corrected chi connectivity index (χ2v) is 3.38. The van der Waals surface area contributed by atoms with Crippen molar-refractivity contribution in [3.63, 3.8) is 0 Å². The van der Waals surface area contributed by atoms with Crippen molar-refractivity contribution < 1.29 is 19.8 Å². The zero-order chi connectivity index (χ0) is 13.7.